The zero-order valence-electron chi connectivity index (χ0n) is 13.6. The molecular formula is C19H20FN3O. The molecule has 0 radical (unpaired) electrons. The molecule has 1 unspecified atom stereocenters. The van der Waals surface area contributed by atoms with Crippen molar-refractivity contribution in [1.82, 2.24) is 15.2 Å². The van der Waals surface area contributed by atoms with E-state index in [-0.39, 0.29) is 17.9 Å². The Bertz CT molecular complexity index is 745. The van der Waals surface area contributed by atoms with E-state index in [1.807, 2.05) is 31.2 Å². The molecule has 0 saturated carbocycles. The van der Waals surface area contributed by atoms with Gasteiger partial charge in [-0.05, 0) is 36.6 Å². The summed E-state index contributed by atoms with van der Waals surface area (Å²) in [5, 5.41) is 2.98. The number of carbonyl (C=O) groups is 1. The minimum absolute atomic E-state index is 0.108. The number of urea groups is 1. The number of rotatable bonds is 3. The van der Waals surface area contributed by atoms with Crippen LogP contribution in [0, 0.1) is 5.82 Å². The monoisotopic (exact) mass is 325 g/mol. The molecule has 3 rings (SSSR count). The fourth-order valence-corrected chi connectivity index (χ4v) is 2.81. The van der Waals surface area contributed by atoms with E-state index in [1.54, 1.807) is 29.4 Å². The smallest absolute Gasteiger partial charge is 0.318 e. The van der Waals surface area contributed by atoms with Crippen LogP contribution in [0.15, 0.2) is 54.9 Å². The molecule has 1 aliphatic heterocycles. The van der Waals surface area contributed by atoms with Crippen molar-refractivity contribution in [3.05, 3.63) is 71.8 Å². The summed E-state index contributed by atoms with van der Waals surface area (Å²) in [5.74, 6) is -0.216. The second-order valence-electron chi connectivity index (χ2n) is 5.86. The number of halogens is 1. The molecule has 0 spiro atoms. The Morgan fingerprint density at radius 2 is 2.12 bits per heavy atom. The van der Waals surface area contributed by atoms with E-state index in [4.69, 9.17) is 0 Å². The number of carbonyl (C=O) groups excluding carboxylic acids is 1. The molecule has 1 aliphatic rings. The first-order valence-corrected chi connectivity index (χ1v) is 8.04. The van der Waals surface area contributed by atoms with Crippen LogP contribution in [0.2, 0.25) is 0 Å². The number of hydrogen-bond donors (Lipinski definition) is 1. The lowest BCUT2D eigenvalue weighted by Gasteiger charge is -2.28. The number of amides is 2. The average Bonchev–Trinajstić information content (AvgIpc) is 2.63. The maximum Gasteiger partial charge on any atom is 0.318 e. The molecule has 1 atom stereocenters. The Balaban J connectivity index is 1.62. The summed E-state index contributed by atoms with van der Waals surface area (Å²) in [6.07, 6.45) is 6.03. The Labute approximate surface area is 141 Å². The highest BCUT2D eigenvalue weighted by Gasteiger charge is 2.20. The van der Waals surface area contributed by atoms with Crippen molar-refractivity contribution in [2.75, 3.05) is 13.1 Å². The van der Waals surface area contributed by atoms with Gasteiger partial charge in [-0.3, -0.25) is 4.98 Å². The summed E-state index contributed by atoms with van der Waals surface area (Å²) in [6.45, 7) is 2.99. The molecule has 24 heavy (non-hydrogen) atoms. The lowest BCUT2D eigenvalue weighted by atomic mass is 9.99. The highest BCUT2D eigenvalue weighted by atomic mass is 19.1. The van der Waals surface area contributed by atoms with Gasteiger partial charge in [-0.2, -0.15) is 0 Å². The Morgan fingerprint density at radius 3 is 2.79 bits per heavy atom. The molecule has 1 N–H and O–H groups in total. The van der Waals surface area contributed by atoms with Gasteiger partial charge in [-0.25, -0.2) is 9.18 Å². The van der Waals surface area contributed by atoms with Gasteiger partial charge in [0.2, 0.25) is 0 Å². The Kier molecular flexibility index (Phi) is 4.89. The van der Waals surface area contributed by atoms with E-state index in [2.05, 4.69) is 10.3 Å². The molecule has 0 fully saturated rings. The fraction of sp³-hybridized carbons (Fsp3) is 0.263. The summed E-state index contributed by atoms with van der Waals surface area (Å²) >= 11 is 0. The predicted molar refractivity (Wildman–Crippen MR) is 91.8 cm³/mol. The van der Waals surface area contributed by atoms with Gasteiger partial charge in [0.15, 0.2) is 0 Å². The minimum Gasteiger partial charge on any atom is -0.331 e. The van der Waals surface area contributed by atoms with Crippen molar-refractivity contribution < 1.29 is 9.18 Å². The Morgan fingerprint density at radius 1 is 1.29 bits per heavy atom. The Hall–Kier alpha value is -2.69. The number of aromatic nitrogens is 1. The second-order valence-corrected chi connectivity index (χ2v) is 5.86. The van der Waals surface area contributed by atoms with E-state index in [9.17, 15) is 9.18 Å². The third-order valence-electron chi connectivity index (χ3n) is 4.24. The third-order valence-corrected chi connectivity index (χ3v) is 4.24. The van der Waals surface area contributed by atoms with Gasteiger partial charge < -0.3 is 10.2 Å². The summed E-state index contributed by atoms with van der Waals surface area (Å²) in [6, 6.07) is 10.3. The quantitative estimate of drug-likeness (QED) is 0.933. The first-order valence-electron chi connectivity index (χ1n) is 8.04. The number of pyridine rings is 1. The van der Waals surface area contributed by atoms with Gasteiger partial charge >= 0.3 is 6.03 Å². The molecular weight excluding hydrogens is 305 g/mol. The molecule has 0 aliphatic carbocycles. The number of hydrogen-bond acceptors (Lipinski definition) is 2. The van der Waals surface area contributed by atoms with Crippen LogP contribution in [-0.2, 0) is 0 Å². The van der Waals surface area contributed by atoms with Crippen molar-refractivity contribution in [2.24, 2.45) is 0 Å². The SMILES string of the molecule is CC(NC(=O)N1CC=C(c2ccccc2F)CC1)c1cccnc1. The van der Waals surface area contributed by atoms with Gasteiger partial charge in [0.05, 0.1) is 6.04 Å². The van der Waals surface area contributed by atoms with Gasteiger partial charge in [-0.1, -0.05) is 30.3 Å². The van der Waals surface area contributed by atoms with Crippen LogP contribution >= 0.6 is 0 Å². The number of nitrogens with one attached hydrogen (secondary N) is 1. The third kappa shape index (κ3) is 3.62. The van der Waals surface area contributed by atoms with Crippen LogP contribution in [-0.4, -0.2) is 29.0 Å². The van der Waals surface area contributed by atoms with Crippen LogP contribution in [0.5, 0.6) is 0 Å². The standard InChI is InChI=1S/C19H20FN3O/c1-14(16-5-4-10-21-13-16)22-19(24)23-11-8-15(9-12-23)17-6-2-3-7-18(17)20/h2-8,10,13-14H,9,11-12H2,1H3,(H,22,24). The average molecular weight is 325 g/mol. The number of nitrogens with zero attached hydrogens (tertiary/aromatic N) is 2. The molecule has 5 heteroatoms. The van der Waals surface area contributed by atoms with Crippen molar-refractivity contribution in [2.45, 2.75) is 19.4 Å². The lowest BCUT2D eigenvalue weighted by Crippen LogP contribution is -2.43. The summed E-state index contributed by atoms with van der Waals surface area (Å²) in [7, 11) is 0. The fourth-order valence-electron chi connectivity index (χ4n) is 2.81. The zero-order chi connectivity index (χ0) is 16.9. The molecule has 2 heterocycles. The maximum atomic E-state index is 13.8. The molecule has 0 bridgehead atoms. The first kappa shape index (κ1) is 16.2. The molecule has 2 aromatic rings. The molecule has 0 saturated heterocycles. The van der Waals surface area contributed by atoms with Crippen molar-refractivity contribution in [3.63, 3.8) is 0 Å². The maximum absolute atomic E-state index is 13.8. The normalized spacial score (nSPS) is 15.6. The van der Waals surface area contributed by atoms with Crippen LogP contribution in [0.25, 0.3) is 5.57 Å². The predicted octanol–water partition coefficient (Wildman–Crippen LogP) is 3.78. The summed E-state index contributed by atoms with van der Waals surface area (Å²) in [5.41, 5.74) is 2.55. The highest BCUT2D eigenvalue weighted by Crippen LogP contribution is 2.24. The molecule has 1 aromatic carbocycles. The van der Waals surface area contributed by atoms with E-state index in [1.165, 1.54) is 6.07 Å². The van der Waals surface area contributed by atoms with Gasteiger partial charge in [0, 0.05) is 31.0 Å². The topological polar surface area (TPSA) is 45.2 Å². The van der Waals surface area contributed by atoms with Crippen LogP contribution in [0.3, 0.4) is 0 Å². The minimum atomic E-state index is -0.216. The molecule has 4 nitrogen and oxygen atoms in total. The molecule has 2 amide bonds. The zero-order valence-corrected chi connectivity index (χ0v) is 13.6. The van der Waals surface area contributed by atoms with Crippen molar-refractivity contribution >= 4 is 11.6 Å². The lowest BCUT2D eigenvalue weighted by molar-refractivity contribution is 0.199. The van der Waals surface area contributed by atoms with Gasteiger partial charge in [0.25, 0.3) is 0 Å². The summed E-state index contributed by atoms with van der Waals surface area (Å²) < 4.78 is 13.8. The van der Waals surface area contributed by atoms with Gasteiger partial charge in [0.1, 0.15) is 5.82 Å². The van der Waals surface area contributed by atoms with Crippen LogP contribution in [0.1, 0.15) is 30.5 Å². The summed E-state index contributed by atoms with van der Waals surface area (Å²) in [4.78, 5) is 18.2. The number of benzene rings is 1. The highest BCUT2D eigenvalue weighted by molar-refractivity contribution is 5.77. The van der Waals surface area contributed by atoms with Gasteiger partial charge in [-0.15, -0.1) is 0 Å². The van der Waals surface area contributed by atoms with E-state index in [0.717, 1.165) is 11.1 Å². The second kappa shape index (κ2) is 7.25. The molecule has 124 valence electrons. The van der Waals surface area contributed by atoms with E-state index in [0.29, 0.717) is 25.1 Å². The van der Waals surface area contributed by atoms with Crippen LogP contribution in [0.4, 0.5) is 9.18 Å². The first-order chi connectivity index (χ1) is 11.6. The molecule has 1 aromatic heterocycles. The van der Waals surface area contributed by atoms with Crippen molar-refractivity contribution in [1.29, 1.82) is 0 Å². The van der Waals surface area contributed by atoms with E-state index >= 15 is 0 Å². The largest absolute Gasteiger partial charge is 0.331 e. The van der Waals surface area contributed by atoms with Crippen LogP contribution < -0.4 is 5.32 Å². The van der Waals surface area contributed by atoms with Crippen molar-refractivity contribution in [3.8, 4) is 0 Å². The van der Waals surface area contributed by atoms with E-state index < -0.39 is 0 Å².